The summed E-state index contributed by atoms with van der Waals surface area (Å²) in [6.45, 7) is 3.75. The van der Waals surface area contributed by atoms with Crippen LogP contribution in [0.5, 0.6) is 0 Å². The minimum absolute atomic E-state index is 0.0880. The van der Waals surface area contributed by atoms with Crippen LogP contribution in [-0.4, -0.2) is 18.0 Å². The second kappa shape index (κ2) is 7.54. The van der Waals surface area contributed by atoms with Gasteiger partial charge in [0.2, 0.25) is 6.10 Å². The quantitative estimate of drug-likeness (QED) is 0.396. The molecule has 1 saturated carbocycles. The van der Waals surface area contributed by atoms with Gasteiger partial charge in [0.1, 0.15) is 10.3 Å². The Labute approximate surface area is 139 Å². The van der Waals surface area contributed by atoms with E-state index in [2.05, 4.69) is 5.92 Å². The van der Waals surface area contributed by atoms with Crippen LogP contribution < -0.4 is 0 Å². The van der Waals surface area contributed by atoms with Crippen LogP contribution in [0.15, 0.2) is 22.5 Å². The van der Waals surface area contributed by atoms with Crippen LogP contribution >= 0.6 is 34.8 Å². The molecule has 3 atom stereocenters. The fourth-order valence-corrected chi connectivity index (χ4v) is 2.61. The Morgan fingerprint density at radius 3 is 2.62 bits per heavy atom. The van der Waals surface area contributed by atoms with Crippen molar-refractivity contribution >= 4 is 40.8 Å². The van der Waals surface area contributed by atoms with Crippen molar-refractivity contribution in [2.24, 2.45) is 17.3 Å². The number of hydrogen-bond donors (Lipinski definition) is 0. The Hall–Kier alpha value is -0.690. The van der Waals surface area contributed by atoms with Gasteiger partial charge in [0.05, 0.1) is 5.92 Å². The average Bonchev–Trinajstić information content (AvgIpc) is 2.93. The third kappa shape index (κ3) is 4.64. The number of carbonyl (C=O) groups excluding carboxylic acids is 1. The van der Waals surface area contributed by atoms with Crippen LogP contribution in [0.1, 0.15) is 20.3 Å². The molecule has 0 radical (unpaired) electrons. The first-order valence-electron chi connectivity index (χ1n) is 6.36. The molecule has 0 bridgehead atoms. The molecule has 0 aromatic heterocycles. The monoisotopic (exact) mass is 352 g/mol. The largest absolute Gasteiger partial charge is 0.441 e. The Morgan fingerprint density at radius 1 is 1.52 bits per heavy atom. The van der Waals surface area contributed by atoms with Crippen LogP contribution in [0.2, 0.25) is 0 Å². The molecule has 0 N–H and O–H groups in total. The lowest BCUT2D eigenvalue weighted by Crippen LogP contribution is -2.20. The second-order valence-corrected chi connectivity index (χ2v) is 6.72. The summed E-state index contributed by atoms with van der Waals surface area (Å²) in [4.78, 5) is 12.1. The standard InChI is InChI=1S/C15H16Cl3FO2/c1-4-11(10(19)6-5-7-16)21-14(20)13-9(8-12(17)18)15(13,2)3/h1,6,8-9,11,13H,5,7H2,2-3H3. The molecule has 3 unspecified atom stereocenters. The van der Waals surface area contributed by atoms with Gasteiger partial charge in [-0.2, -0.15) is 0 Å². The van der Waals surface area contributed by atoms with Gasteiger partial charge in [-0.05, 0) is 29.9 Å². The molecular formula is C15H16Cl3FO2. The van der Waals surface area contributed by atoms with Crippen LogP contribution in [0.3, 0.4) is 0 Å². The van der Waals surface area contributed by atoms with Gasteiger partial charge in [0.15, 0.2) is 0 Å². The molecule has 2 nitrogen and oxygen atoms in total. The summed E-state index contributed by atoms with van der Waals surface area (Å²) in [6, 6.07) is 0. The molecule has 116 valence electrons. The average molecular weight is 354 g/mol. The van der Waals surface area contributed by atoms with Crippen molar-refractivity contribution in [3.8, 4) is 12.3 Å². The predicted octanol–water partition coefficient (Wildman–Crippen LogP) is 4.60. The normalized spacial score (nSPS) is 24.7. The van der Waals surface area contributed by atoms with Gasteiger partial charge in [0, 0.05) is 5.88 Å². The lowest BCUT2D eigenvalue weighted by atomic mass is 10.1. The van der Waals surface area contributed by atoms with Crippen LogP contribution in [0, 0.1) is 29.6 Å². The lowest BCUT2D eigenvalue weighted by Gasteiger charge is -2.11. The van der Waals surface area contributed by atoms with E-state index in [0.29, 0.717) is 6.42 Å². The van der Waals surface area contributed by atoms with Crippen LogP contribution in [-0.2, 0) is 9.53 Å². The summed E-state index contributed by atoms with van der Waals surface area (Å²) in [7, 11) is 0. The summed E-state index contributed by atoms with van der Waals surface area (Å²) in [5, 5.41) is 0. The number of terminal acetylenes is 1. The van der Waals surface area contributed by atoms with E-state index in [1.54, 1.807) is 6.08 Å². The Kier molecular flexibility index (Phi) is 6.59. The first-order chi connectivity index (χ1) is 9.75. The molecule has 1 rings (SSSR count). The molecule has 0 amide bonds. The van der Waals surface area contributed by atoms with Gasteiger partial charge in [-0.3, -0.25) is 4.79 Å². The maximum Gasteiger partial charge on any atom is 0.311 e. The molecule has 1 aliphatic rings. The Balaban J connectivity index is 2.73. The lowest BCUT2D eigenvalue weighted by molar-refractivity contribution is -0.148. The fraction of sp³-hybridized carbons (Fsp3) is 0.533. The van der Waals surface area contributed by atoms with E-state index in [1.165, 1.54) is 6.08 Å². The number of ether oxygens (including phenoxy) is 1. The molecule has 0 spiro atoms. The smallest absolute Gasteiger partial charge is 0.311 e. The van der Waals surface area contributed by atoms with E-state index in [0.717, 1.165) is 0 Å². The highest BCUT2D eigenvalue weighted by atomic mass is 35.5. The molecule has 0 saturated heterocycles. The third-order valence-electron chi connectivity index (χ3n) is 3.55. The highest BCUT2D eigenvalue weighted by Gasteiger charge is 2.62. The van der Waals surface area contributed by atoms with Crippen LogP contribution in [0.25, 0.3) is 0 Å². The van der Waals surface area contributed by atoms with Gasteiger partial charge in [0.25, 0.3) is 0 Å². The van der Waals surface area contributed by atoms with E-state index in [1.807, 2.05) is 13.8 Å². The van der Waals surface area contributed by atoms with E-state index >= 15 is 0 Å². The fourth-order valence-electron chi connectivity index (χ4n) is 2.23. The zero-order valence-electron chi connectivity index (χ0n) is 11.7. The number of hydrogen-bond acceptors (Lipinski definition) is 2. The van der Waals surface area contributed by atoms with Gasteiger partial charge in [-0.1, -0.05) is 43.0 Å². The van der Waals surface area contributed by atoms with E-state index in [4.69, 9.17) is 46.0 Å². The van der Waals surface area contributed by atoms with Crippen LogP contribution in [0.4, 0.5) is 4.39 Å². The van der Waals surface area contributed by atoms with E-state index in [9.17, 15) is 9.18 Å². The highest BCUT2D eigenvalue weighted by Crippen LogP contribution is 2.60. The summed E-state index contributed by atoms with van der Waals surface area (Å²) >= 11 is 16.7. The second-order valence-electron chi connectivity index (χ2n) is 5.33. The SMILES string of the molecule is C#CC(OC(=O)C1C(C=C(Cl)Cl)C1(C)C)C(F)=CCCCl. The number of allylic oxidation sites excluding steroid dienone is 2. The predicted molar refractivity (Wildman–Crippen MR) is 83.8 cm³/mol. The van der Waals surface area contributed by atoms with Gasteiger partial charge in [-0.15, -0.1) is 18.0 Å². The van der Waals surface area contributed by atoms with E-state index in [-0.39, 0.29) is 21.7 Å². The number of halogens is 4. The highest BCUT2D eigenvalue weighted by molar-refractivity contribution is 6.55. The molecule has 0 aromatic rings. The van der Waals surface area contributed by atoms with Crippen molar-refractivity contribution in [1.82, 2.24) is 0 Å². The number of alkyl halides is 1. The Morgan fingerprint density at radius 2 is 2.14 bits per heavy atom. The van der Waals surface area contributed by atoms with Crippen molar-refractivity contribution in [1.29, 1.82) is 0 Å². The summed E-state index contributed by atoms with van der Waals surface area (Å²) in [5.41, 5.74) is -0.346. The number of carbonyl (C=O) groups is 1. The zero-order valence-corrected chi connectivity index (χ0v) is 14.0. The van der Waals surface area contributed by atoms with Gasteiger partial charge >= 0.3 is 5.97 Å². The Bertz CT molecular complexity index is 502. The van der Waals surface area contributed by atoms with Crippen molar-refractivity contribution in [2.75, 3.05) is 5.88 Å². The summed E-state index contributed by atoms with van der Waals surface area (Å²) < 4.78 is 18.9. The number of esters is 1. The third-order valence-corrected chi connectivity index (χ3v) is 4.02. The summed E-state index contributed by atoms with van der Waals surface area (Å²) in [5.74, 6) is 0.528. The molecule has 6 heteroatoms. The summed E-state index contributed by atoms with van der Waals surface area (Å²) in [6.07, 6.45) is 6.99. The van der Waals surface area contributed by atoms with Crippen molar-refractivity contribution in [3.63, 3.8) is 0 Å². The topological polar surface area (TPSA) is 26.3 Å². The first-order valence-corrected chi connectivity index (χ1v) is 7.65. The van der Waals surface area contributed by atoms with E-state index < -0.39 is 23.8 Å². The molecule has 0 aliphatic heterocycles. The van der Waals surface area contributed by atoms with Gasteiger partial charge < -0.3 is 4.74 Å². The zero-order chi connectivity index (χ0) is 16.2. The minimum Gasteiger partial charge on any atom is -0.441 e. The molecule has 1 fully saturated rings. The molecule has 0 heterocycles. The molecule has 0 aromatic carbocycles. The number of rotatable bonds is 6. The first kappa shape index (κ1) is 18.4. The van der Waals surface area contributed by atoms with Crippen molar-refractivity contribution in [3.05, 3.63) is 22.5 Å². The maximum atomic E-state index is 13.7. The van der Waals surface area contributed by atoms with Gasteiger partial charge in [-0.25, -0.2) is 4.39 Å². The molecular weight excluding hydrogens is 338 g/mol. The molecule has 1 aliphatic carbocycles. The van der Waals surface area contributed by atoms with Crippen molar-refractivity contribution in [2.45, 2.75) is 26.4 Å². The minimum atomic E-state index is -1.33. The molecule has 21 heavy (non-hydrogen) atoms. The maximum absolute atomic E-state index is 13.7. The van der Waals surface area contributed by atoms with Crippen molar-refractivity contribution < 1.29 is 13.9 Å².